The number of fused-ring (bicyclic) bond motifs is 1. The van der Waals surface area contributed by atoms with Crippen LogP contribution in [0.2, 0.25) is 0 Å². The molecule has 2 aromatic carbocycles. The summed E-state index contributed by atoms with van der Waals surface area (Å²) in [4.78, 5) is 17.9. The van der Waals surface area contributed by atoms with Crippen LogP contribution in [0, 0.1) is 0 Å². The highest BCUT2D eigenvalue weighted by atomic mass is 19.1. The van der Waals surface area contributed by atoms with Gasteiger partial charge in [0.1, 0.15) is 11.1 Å². The third-order valence-corrected chi connectivity index (χ3v) is 7.45. The zero-order valence-electron chi connectivity index (χ0n) is 20.9. The molecular formula is C30H32FN3O2. The summed E-state index contributed by atoms with van der Waals surface area (Å²) in [5.41, 5.74) is 2.69. The second-order valence-corrected chi connectivity index (χ2v) is 9.94. The molecule has 36 heavy (non-hydrogen) atoms. The lowest BCUT2D eigenvalue weighted by Gasteiger charge is -2.30. The number of esters is 1. The number of benzene rings is 2. The Kier molecular flexibility index (Phi) is 6.61. The molecule has 186 valence electrons. The van der Waals surface area contributed by atoms with Crippen LogP contribution in [-0.2, 0) is 27.0 Å². The quantitative estimate of drug-likeness (QED) is 0.277. The first-order valence-electron chi connectivity index (χ1n) is 12.8. The number of ether oxygens (including phenoxy) is 1. The van der Waals surface area contributed by atoms with Crippen molar-refractivity contribution >= 4 is 11.6 Å². The van der Waals surface area contributed by atoms with Gasteiger partial charge in [0.05, 0.1) is 18.5 Å². The fraction of sp³-hybridized carbons (Fsp3) is 0.367. The fourth-order valence-electron chi connectivity index (χ4n) is 5.42. The van der Waals surface area contributed by atoms with E-state index in [1.807, 2.05) is 74.5 Å². The number of alkyl halides is 1. The van der Waals surface area contributed by atoms with Crippen LogP contribution in [0.3, 0.4) is 0 Å². The zero-order chi connectivity index (χ0) is 25.2. The Morgan fingerprint density at radius 1 is 1.06 bits per heavy atom. The van der Waals surface area contributed by atoms with Gasteiger partial charge in [0.15, 0.2) is 5.65 Å². The highest BCUT2D eigenvalue weighted by Crippen LogP contribution is 2.41. The van der Waals surface area contributed by atoms with E-state index in [0.717, 1.165) is 41.5 Å². The molecule has 0 bridgehead atoms. The molecule has 4 aromatic rings. The lowest BCUT2D eigenvalue weighted by molar-refractivity contribution is -0.149. The summed E-state index contributed by atoms with van der Waals surface area (Å²) in [5.74, 6) is -0.302. The van der Waals surface area contributed by atoms with Gasteiger partial charge in [-0.05, 0) is 68.7 Å². The molecule has 0 N–H and O–H groups in total. The first-order valence-corrected chi connectivity index (χ1v) is 12.8. The minimum absolute atomic E-state index is 0.296. The Labute approximate surface area is 211 Å². The molecule has 1 aliphatic carbocycles. The van der Waals surface area contributed by atoms with Gasteiger partial charge >= 0.3 is 5.97 Å². The van der Waals surface area contributed by atoms with Crippen molar-refractivity contribution < 1.29 is 13.9 Å². The Bertz CT molecular complexity index is 1340. The predicted octanol–water partition coefficient (Wildman–Crippen LogP) is 6.59. The van der Waals surface area contributed by atoms with Gasteiger partial charge < -0.3 is 4.74 Å². The molecule has 1 atom stereocenters. The maximum Gasteiger partial charge on any atom is 0.318 e. The van der Waals surface area contributed by atoms with E-state index in [1.54, 1.807) is 16.9 Å². The maximum atomic E-state index is 15.5. The van der Waals surface area contributed by atoms with Crippen LogP contribution < -0.4 is 0 Å². The summed E-state index contributed by atoms with van der Waals surface area (Å²) >= 11 is 0. The Hall–Kier alpha value is -3.54. The average molecular weight is 486 g/mol. The van der Waals surface area contributed by atoms with Crippen molar-refractivity contribution in [3.63, 3.8) is 0 Å². The first kappa shape index (κ1) is 24.2. The third-order valence-electron chi connectivity index (χ3n) is 7.45. The maximum absolute atomic E-state index is 15.5. The summed E-state index contributed by atoms with van der Waals surface area (Å²) < 4.78 is 22.7. The van der Waals surface area contributed by atoms with Crippen LogP contribution in [0.25, 0.3) is 16.8 Å². The topological polar surface area (TPSA) is 56.5 Å². The lowest BCUT2D eigenvalue weighted by Crippen LogP contribution is -2.38. The molecule has 5 rings (SSSR count). The number of rotatable bonds is 7. The molecule has 1 fully saturated rings. The monoisotopic (exact) mass is 485 g/mol. The number of carbonyl (C=O) groups excluding carboxylic acids is 1. The molecule has 2 aromatic heterocycles. The SMILES string of the molecule is CCOC(=O)C(C)(Cc1ccccc1)c1ccnc2c(-c3ccc(C4(F)CCCCC4)cc3)cnn12. The second-order valence-electron chi connectivity index (χ2n) is 9.94. The number of nitrogens with zero attached hydrogens (tertiary/aromatic N) is 3. The van der Waals surface area contributed by atoms with Gasteiger partial charge in [0, 0.05) is 11.8 Å². The highest BCUT2D eigenvalue weighted by molar-refractivity contribution is 5.84. The van der Waals surface area contributed by atoms with Gasteiger partial charge in [-0.25, -0.2) is 13.9 Å². The Morgan fingerprint density at radius 2 is 1.78 bits per heavy atom. The van der Waals surface area contributed by atoms with Crippen molar-refractivity contribution in [2.45, 2.75) is 63.5 Å². The minimum Gasteiger partial charge on any atom is -0.465 e. The molecule has 0 saturated heterocycles. The molecular weight excluding hydrogens is 453 g/mol. The molecule has 5 nitrogen and oxygen atoms in total. The van der Waals surface area contributed by atoms with E-state index in [9.17, 15) is 4.79 Å². The van der Waals surface area contributed by atoms with Crippen LogP contribution >= 0.6 is 0 Å². The van der Waals surface area contributed by atoms with Gasteiger partial charge in [0.25, 0.3) is 0 Å². The number of aromatic nitrogens is 3. The van der Waals surface area contributed by atoms with E-state index in [0.29, 0.717) is 37.2 Å². The van der Waals surface area contributed by atoms with Gasteiger partial charge in [-0.2, -0.15) is 5.10 Å². The van der Waals surface area contributed by atoms with Crippen LogP contribution in [0.4, 0.5) is 4.39 Å². The number of hydrogen-bond acceptors (Lipinski definition) is 4. The molecule has 0 aliphatic heterocycles. The second kappa shape index (κ2) is 9.84. The fourth-order valence-corrected chi connectivity index (χ4v) is 5.42. The Morgan fingerprint density at radius 3 is 2.47 bits per heavy atom. The molecule has 6 heteroatoms. The van der Waals surface area contributed by atoms with Crippen LogP contribution in [0.5, 0.6) is 0 Å². The summed E-state index contributed by atoms with van der Waals surface area (Å²) in [6.07, 6.45) is 8.08. The predicted molar refractivity (Wildman–Crippen MR) is 138 cm³/mol. The van der Waals surface area contributed by atoms with E-state index in [2.05, 4.69) is 10.1 Å². The summed E-state index contributed by atoms with van der Waals surface area (Å²) in [6.45, 7) is 4.01. The van der Waals surface area contributed by atoms with Gasteiger partial charge in [-0.3, -0.25) is 4.79 Å². The minimum atomic E-state index is -1.23. The van der Waals surface area contributed by atoms with Crippen molar-refractivity contribution in [3.05, 3.63) is 89.9 Å². The zero-order valence-corrected chi connectivity index (χ0v) is 20.9. The smallest absolute Gasteiger partial charge is 0.318 e. The van der Waals surface area contributed by atoms with Crippen molar-refractivity contribution in [1.82, 2.24) is 14.6 Å². The largest absolute Gasteiger partial charge is 0.465 e. The summed E-state index contributed by atoms with van der Waals surface area (Å²) in [7, 11) is 0. The van der Waals surface area contributed by atoms with E-state index >= 15 is 4.39 Å². The molecule has 1 saturated carbocycles. The normalized spacial score (nSPS) is 17.0. The molecule has 1 aliphatic rings. The van der Waals surface area contributed by atoms with Crippen LogP contribution in [-0.4, -0.2) is 27.2 Å². The number of hydrogen-bond donors (Lipinski definition) is 0. The molecule has 0 spiro atoms. The van der Waals surface area contributed by atoms with E-state index < -0.39 is 11.1 Å². The number of carbonyl (C=O) groups is 1. The molecule has 1 unspecified atom stereocenters. The number of halogens is 1. The van der Waals surface area contributed by atoms with Crippen molar-refractivity contribution in [3.8, 4) is 11.1 Å². The first-order chi connectivity index (χ1) is 17.4. The van der Waals surface area contributed by atoms with Crippen LogP contribution in [0.15, 0.2) is 73.1 Å². The Balaban J connectivity index is 1.54. The van der Waals surface area contributed by atoms with Crippen molar-refractivity contribution in [2.24, 2.45) is 0 Å². The standard InChI is InChI=1S/C30H32FN3O2/c1-3-36-28(35)29(2,20-22-10-6-4-7-11-22)26-16-19-32-27-25(21-33-34(26)27)23-12-14-24(15-13-23)30(31)17-8-5-9-18-30/h4,6-7,10-16,19,21H,3,5,8-9,17-18,20H2,1-2H3. The highest BCUT2D eigenvalue weighted by Gasteiger charge is 2.40. The van der Waals surface area contributed by atoms with E-state index in [1.165, 1.54) is 0 Å². The third kappa shape index (κ3) is 4.41. The van der Waals surface area contributed by atoms with Crippen molar-refractivity contribution in [2.75, 3.05) is 6.61 Å². The molecule has 2 heterocycles. The van der Waals surface area contributed by atoms with Gasteiger partial charge in [0.2, 0.25) is 0 Å². The van der Waals surface area contributed by atoms with E-state index in [4.69, 9.17) is 4.74 Å². The average Bonchev–Trinajstić information content (AvgIpc) is 3.34. The van der Waals surface area contributed by atoms with E-state index in [-0.39, 0.29) is 5.97 Å². The molecule has 0 amide bonds. The molecule has 0 radical (unpaired) electrons. The summed E-state index contributed by atoms with van der Waals surface area (Å²) in [5, 5.41) is 4.64. The van der Waals surface area contributed by atoms with Gasteiger partial charge in [-0.1, -0.05) is 61.0 Å². The van der Waals surface area contributed by atoms with Crippen molar-refractivity contribution in [1.29, 1.82) is 0 Å². The van der Waals surface area contributed by atoms with Crippen LogP contribution in [0.1, 0.15) is 62.8 Å². The summed E-state index contributed by atoms with van der Waals surface area (Å²) in [6, 6.07) is 19.4. The lowest BCUT2D eigenvalue weighted by atomic mass is 9.80. The van der Waals surface area contributed by atoms with Gasteiger partial charge in [-0.15, -0.1) is 0 Å².